The van der Waals surface area contributed by atoms with Crippen molar-refractivity contribution in [3.63, 3.8) is 0 Å². The second kappa shape index (κ2) is 8.58. The molecular weight excluding hydrogens is 366 g/mol. The number of aromatic hydroxyl groups is 1. The van der Waals surface area contributed by atoms with Crippen molar-refractivity contribution in [1.29, 1.82) is 5.26 Å². The van der Waals surface area contributed by atoms with Crippen molar-refractivity contribution in [3.8, 4) is 11.8 Å². The summed E-state index contributed by atoms with van der Waals surface area (Å²) in [6.45, 7) is 3.08. The van der Waals surface area contributed by atoms with Crippen LogP contribution in [0.3, 0.4) is 0 Å². The van der Waals surface area contributed by atoms with Crippen molar-refractivity contribution in [2.75, 3.05) is 36.5 Å². The van der Waals surface area contributed by atoms with Gasteiger partial charge in [0.15, 0.2) is 0 Å². The Hall–Kier alpha value is -3.01. The standard InChI is InChI=1S/C20H18ClN3O3/c21-18-12-14(1-6-19(18)25)11-15(13-22)20(26)23-16-2-4-17(5-3-16)24-7-9-27-10-8-24/h1-6,11-12,25H,7-10H2,(H,23,26). The van der Waals surface area contributed by atoms with E-state index in [1.807, 2.05) is 18.2 Å². The molecular formula is C20H18ClN3O3. The summed E-state index contributed by atoms with van der Waals surface area (Å²) in [4.78, 5) is 14.6. The summed E-state index contributed by atoms with van der Waals surface area (Å²) in [5.41, 5.74) is 2.15. The summed E-state index contributed by atoms with van der Waals surface area (Å²) in [5.74, 6) is -0.571. The van der Waals surface area contributed by atoms with Crippen LogP contribution in [0, 0.1) is 11.3 Å². The molecule has 0 aliphatic carbocycles. The first-order valence-corrected chi connectivity index (χ1v) is 8.79. The lowest BCUT2D eigenvalue weighted by Crippen LogP contribution is -2.36. The van der Waals surface area contributed by atoms with Crippen molar-refractivity contribution in [3.05, 3.63) is 58.6 Å². The summed E-state index contributed by atoms with van der Waals surface area (Å²) >= 11 is 5.85. The number of anilines is 2. The van der Waals surface area contributed by atoms with E-state index in [1.165, 1.54) is 18.2 Å². The summed E-state index contributed by atoms with van der Waals surface area (Å²) in [5, 5.41) is 21.6. The number of phenols is 1. The predicted octanol–water partition coefficient (Wildman–Crippen LogP) is 3.43. The lowest BCUT2D eigenvalue weighted by Gasteiger charge is -2.28. The number of rotatable bonds is 4. The smallest absolute Gasteiger partial charge is 0.266 e. The molecule has 1 fully saturated rings. The number of nitrogens with one attached hydrogen (secondary N) is 1. The van der Waals surface area contributed by atoms with Gasteiger partial charge in [-0.25, -0.2) is 0 Å². The van der Waals surface area contributed by atoms with Crippen molar-refractivity contribution in [2.24, 2.45) is 0 Å². The van der Waals surface area contributed by atoms with Crippen molar-refractivity contribution in [2.45, 2.75) is 0 Å². The van der Waals surface area contributed by atoms with Gasteiger partial charge in [0, 0.05) is 24.5 Å². The first-order chi connectivity index (χ1) is 13.1. The minimum Gasteiger partial charge on any atom is -0.506 e. The molecule has 0 radical (unpaired) electrons. The number of ether oxygens (including phenoxy) is 1. The number of nitrogens with zero attached hydrogens (tertiary/aromatic N) is 2. The number of phenolic OH excluding ortho intramolecular Hbond substituents is 1. The molecule has 2 aromatic rings. The van der Waals surface area contributed by atoms with Gasteiger partial charge in [-0.1, -0.05) is 17.7 Å². The van der Waals surface area contributed by atoms with Gasteiger partial charge in [0.05, 0.1) is 18.2 Å². The SMILES string of the molecule is N#CC(=Cc1ccc(O)c(Cl)c1)C(=O)Nc1ccc(N2CCOCC2)cc1. The Kier molecular flexibility index (Phi) is 5.97. The molecule has 1 aliphatic heterocycles. The number of hydrogen-bond donors (Lipinski definition) is 2. The monoisotopic (exact) mass is 383 g/mol. The van der Waals surface area contributed by atoms with E-state index >= 15 is 0 Å². The number of carbonyl (C=O) groups excluding carboxylic acids is 1. The molecule has 138 valence electrons. The molecule has 1 amide bonds. The van der Waals surface area contributed by atoms with Gasteiger partial charge in [-0.2, -0.15) is 5.26 Å². The van der Waals surface area contributed by atoms with E-state index in [0.29, 0.717) is 24.5 Å². The quantitative estimate of drug-likeness (QED) is 0.624. The molecule has 0 aromatic heterocycles. The summed E-state index contributed by atoms with van der Waals surface area (Å²) in [6, 6.07) is 13.8. The highest BCUT2D eigenvalue weighted by Crippen LogP contribution is 2.25. The zero-order valence-electron chi connectivity index (χ0n) is 14.5. The van der Waals surface area contributed by atoms with E-state index in [-0.39, 0.29) is 16.3 Å². The molecule has 0 spiro atoms. The average Bonchev–Trinajstić information content (AvgIpc) is 2.70. The van der Waals surface area contributed by atoms with E-state index in [2.05, 4.69) is 10.2 Å². The van der Waals surface area contributed by atoms with E-state index in [4.69, 9.17) is 16.3 Å². The van der Waals surface area contributed by atoms with E-state index < -0.39 is 5.91 Å². The summed E-state index contributed by atoms with van der Waals surface area (Å²) in [6.07, 6.45) is 1.42. The van der Waals surface area contributed by atoms with Gasteiger partial charge in [-0.05, 0) is 48.0 Å². The normalized spacial score (nSPS) is 14.5. The Morgan fingerprint density at radius 3 is 2.56 bits per heavy atom. The van der Waals surface area contributed by atoms with E-state index in [1.54, 1.807) is 18.2 Å². The fraction of sp³-hybridized carbons (Fsp3) is 0.200. The largest absolute Gasteiger partial charge is 0.506 e. The Morgan fingerprint density at radius 1 is 1.22 bits per heavy atom. The zero-order chi connectivity index (χ0) is 19.2. The third-order valence-electron chi connectivity index (χ3n) is 4.15. The highest BCUT2D eigenvalue weighted by atomic mass is 35.5. The van der Waals surface area contributed by atoms with Gasteiger partial charge in [-0.3, -0.25) is 4.79 Å². The van der Waals surface area contributed by atoms with Gasteiger partial charge >= 0.3 is 0 Å². The van der Waals surface area contributed by atoms with Crippen LogP contribution in [0.2, 0.25) is 5.02 Å². The second-order valence-corrected chi connectivity index (χ2v) is 6.39. The molecule has 0 atom stereocenters. The lowest BCUT2D eigenvalue weighted by atomic mass is 10.1. The topological polar surface area (TPSA) is 85.6 Å². The molecule has 6 nitrogen and oxygen atoms in total. The molecule has 1 heterocycles. The zero-order valence-corrected chi connectivity index (χ0v) is 15.2. The van der Waals surface area contributed by atoms with Crippen LogP contribution in [-0.2, 0) is 9.53 Å². The molecule has 2 aromatic carbocycles. The minimum absolute atomic E-state index is 0.0582. The Labute approximate surface area is 162 Å². The predicted molar refractivity (Wildman–Crippen MR) is 105 cm³/mol. The number of nitriles is 1. The molecule has 1 aliphatic rings. The summed E-state index contributed by atoms with van der Waals surface area (Å²) in [7, 11) is 0. The molecule has 2 N–H and O–H groups in total. The van der Waals surface area contributed by atoms with Crippen LogP contribution in [0.15, 0.2) is 48.0 Å². The van der Waals surface area contributed by atoms with E-state index in [0.717, 1.165) is 18.8 Å². The van der Waals surface area contributed by atoms with E-state index in [9.17, 15) is 15.2 Å². The maximum absolute atomic E-state index is 12.4. The van der Waals surface area contributed by atoms with Crippen molar-refractivity contribution >= 4 is 35.0 Å². The van der Waals surface area contributed by atoms with Crippen molar-refractivity contribution in [1.82, 2.24) is 0 Å². The van der Waals surface area contributed by atoms with Gasteiger partial charge in [0.2, 0.25) is 0 Å². The minimum atomic E-state index is -0.513. The molecule has 27 heavy (non-hydrogen) atoms. The molecule has 3 rings (SSSR count). The average molecular weight is 384 g/mol. The molecule has 1 saturated heterocycles. The van der Waals surface area contributed by atoms with Crippen molar-refractivity contribution < 1.29 is 14.6 Å². The van der Waals surface area contributed by atoms with Gasteiger partial charge in [-0.15, -0.1) is 0 Å². The lowest BCUT2D eigenvalue weighted by molar-refractivity contribution is -0.112. The summed E-state index contributed by atoms with van der Waals surface area (Å²) < 4.78 is 5.34. The molecule has 0 saturated carbocycles. The Bertz CT molecular complexity index is 898. The molecule has 0 bridgehead atoms. The van der Waals surface area contributed by atoms with Crippen LogP contribution in [0.4, 0.5) is 11.4 Å². The number of amides is 1. The number of benzene rings is 2. The molecule has 7 heteroatoms. The van der Waals surface area contributed by atoms with Crippen LogP contribution in [0.1, 0.15) is 5.56 Å². The van der Waals surface area contributed by atoms with Gasteiger partial charge < -0.3 is 20.1 Å². The van der Waals surface area contributed by atoms with Gasteiger partial charge in [0.25, 0.3) is 5.91 Å². The number of morpholine rings is 1. The maximum Gasteiger partial charge on any atom is 0.266 e. The number of carbonyl (C=O) groups is 1. The fourth-order valence-corrected chi connectivity index (χ4v) is 2.89. The third-order valence-corrected chi connectivity index (χ3v) is 4.45. The number of hydrogen-bond acceptors (Lipinski definition) is 5. The first-order valence-electron chi connectivity index (χ1n) is 8.41. The van der Waals surface area contributed by atoms with Crippen LogP contribution < -0.4 is 10.2 Å². The highest BCUT2D eigenvalue weighted by Gasteiger charge is 2.13. The third kappa shape index (κ3) is 4.79. The first kappa shape index (κ1) is 18.8. The number of halogens is 1. The van der Waals surface area contributed by atoms with Crippen LogP contribution in [0.25, 0.3) is 6.08 Å². The van der Waals surface area contributed by atoms with Crippen LogP contribution in [0.5, 0.6) is 5.75 Å². The highest BCUT2D eigenvalue weighted by molar-refractivity contribution is 6.32. The molecule has 0 unspecified atom stereocenters. The van der Waals surface area contributed by atoms with Crippen LogP contribution >= 0.6 is 11.6 Å². The Morgan fingerprint density at radius 2 is 1.93 bits per heavy atom. The second-order valence-electron chi connectivity index (χ2n) is 5.98. The fourth-order valence-electron chi connectivity index (χ4n) is 2.70. The maximum atomic E-state index is 12.4. The van der Waals surface area contributed by atoms with Crippen LogP contribution in [-0.4, -0.2) is 37.3 Å². The van der Waals surface area contributed by atoms with Gasteiger partial charge in [0.1, 0.15) is 17.4 Å². The Balaban J connectivity index is 1.70.